The van der Waals surface area contributed by atoms with Gasteiger partial charge in [0.15, 0.2) is 0 Å². The number of nitrogens with one attached hydrogen (secondary N) is 3. The van der Waals surface area contributed by atoms with Crippen LogP contribution in [0.1, 0.15) is 0 Å². The Morgan fingerprint density at radius 3 is 2.11 bits per heavy atom. The molecule has 2 amide bonds. The molecule has 0 radical (unpaired) electrons. The van der Waals surface area contributed by atoms with Crippen molar-refractivity contribution >= 4 is 33.1 Å². The fraction of sp³-hybridized carbons (Fsp3) is 0.0500. The van der Waals surface area contributed by atoms with E-state index in [4.69, 9.17) is 4.74 Å². The highest BCUT2D eigenvalue weighted by atomic mass is 32.2. The third-order valence-corrected chi connectivity index (χ3v) is 5.17. The number of hydrogen-bond donors (Lipinski definition) is 3. The Balaban J connectivity index is 1.66. The van der Waals surface area contributed by atoms with Crippen LogP contribution in [-0.2, 0) is 10.0 Å². The lowest BCUT2D eigenvalue weighted by Crippen LogP contribution is -2.19. The molecule has 3 N–H and O–H groups in total. The smallest absolute Gasteiger partial charge is 0.323 e. The second kappa shape index (κ2) is 8.45. The second-order valence-electron chi connectivity index (χ2n) is 5.81. The van der Waals surface area contributed by atoms with Gasteiger partial charge >= 0.3 is 6.03 Å². The lowest BCUT2D eigenvalue weighted by molar-refractivity contribution is 0.262. The predicted molar refractivity (Wildman–Crippen MR) is 109 cm³/mol. The minimum absolute atomic E-state index is 0.158. The largest absolute Gasteiger partial charge is 0.497 e. The van der Waals surface area contributed by atoms with Crippen molar-refractivity contribution in [3.8, 4) is 5.75 Å². The molecular formula is C20H19N3O4S. The van der Waals surface area contributed by atoms with Gasteiger partial charge in [-0.2, -0.15) is 0 Å². The normalized spacial score (nSPS) is 10.8. The van der Waals surface area contributed by atoms with Gasteiger partial charge in [-0.3, -0.25) is 4.72 Å². The molecule has 0 fully saturated rings. The number of carbonyl (C=O) groups excluding carboxylic acids is 1. The number of methoxy groups -OCH3 is 1. The van der Waals surface area contributed by atoms with Gasteiger partial charge in [-0.05, 0) is 54.6 Å². The third kappa shape index (κ3) is 5.01. The standard InChI is InChI=1S/C20H19N3O4S/c1-27-18-12-10-15(11-13-18)21-20(24)22-16-6-5-7-17(14-16)23-28(25,26)19-8-3-2-4-9-19/h2-14,23H,1H3,(H2,21,22,24). The number of amides is 2. The van der Waals surface area contributed by atoms with Gasteiger partial charge in [-0.1, -0.05) is 24.3 Å². The maximum Gasteiger partial charge on any atom is 0.323 e. The molecule has 8 heteroatoms. The fourth-order valence-corrected chi connectivity index (χ4v) is 3.51. The first kappa shape index (κ1) is 19.2. The second-order valence-corrected chi connectivity index (χ2v) is 7.49. The van der Waals surface area contributed by atoms with Crippen LogP contribution >= 0.6 is 0 Å². The average molecular weight is 397 g/mol. The van der Waals surface area contributed by atoms with Gasteiger partial charge in [0.25, 0.3) is 10.0 Å². The minimum atomic E-state index is -3.70. The molecule has 28 heavy (non-hydrogen) atoms. The molecule has 0 aliphatic rings. The van der Waals surface area contributed by atoms with Gasteiger partial charge < -0.3 is 15.4 Å². The summed E-state index contributed by atoms with van der Waals surface area (Å²) in [5.41, 5.74) is 1.38. The molecule has 144 valence electrons. The molecule has 0 bridgehead atoms. The number of ether oxygens (including phenoxy) is 1. The van der Waals surface area contributed by atoms with Crippen molar-refractivity contribution in [3.05, 3.63) is 78.9 Å². The Kier molecular flexibility index (Phi) is 5.81. The highest BCUT2D eigenvalue weighted by Gasteiger charge is 2.13. The molecule has 0 unspecified atom stereocenters. The van der Waals surface area contributed by atoms with Gasteiger partial charge in [0.05, 0.1) is 17.7 Å². The predicted octanol–water partition coefficient (Wildman–Crippen LogP) is 4.14. The molecule has 0 spiro atoms. The summed E-state index contributed by atoms with van der Waals surface area (Å²) in [5, 5.41) is 5.36. The van der Waals surface area contributed by atoms with Crippen molar-refractivity contribution in [1.82, 2.24) is 0 Å². The van der Waals surface area contributed by atoms with Gasteiger partial charge in [0, 0.05) is 11.4 Å². The van der Waals surface area contributed by atoms with Gasteiger partial charge in [-0.15, -0.1) is 0 Å². The van der Waals surface area contributed by atoms with Crippen LogP contribution in [0.5, 0.6) is 5.75 Å². The van der Waals surface area contributed by atoms with Gasteiger partial charge in [0.2, 0.25) is 0 Å². The first-order chi connectivity index (χ1) is 13.5. The summed E-state index contributed by atoms with van der Waals surface area (Å²) in [4.78, 5) is 12.3. The van der Waals surface area contributed by atoms with Crippen LogP contribution in [0.4, 0.5) is 21.9 Å². The molecule has 3 aromatic carbocycles. The molecule has 0 aliphatic carbocycles. The zero-order valence-electron chi connectivity index (χ0n) is 15.0. The Morgan fingerprint density at radius 1 is 0.786 bits per heavy atom. The van der Waals surface area contributed by atoms with E-state index in [2.05, 4.69) is 15.4 Å². The van der Waals surface area contributed by atoms with Crippen molar-refractivity contribution in [2.75, 3.05) is 22.5 Å². The lowest BCUT2D eigenvalue weighted by Gasteiger charge is -2.11. The van der Waals surface area contributed by atoms with E-state index in [-0.39, 0.29) is 4.90 Å². The zero-order chi connectivity index (χ0) is 20.0. The molecule has 0 atom stereocenters. The van der Waals surface area contributed by atoms with Crippen LogP contribution in [0.25, 0.3) is 0 Å². The first-order valence-electron chi connectivity index (χ1n) is 8.36. The molecule has 3 rings (SSSR count). The Labute approximate surface area is 163 Å². The molecule has 0 aliphatic heterocycles. The molecule has 0 saturated carbocycles. The first-order valence-corrected chi connectivity index (χ1v) is 9.84. The molecule has 0 aromatic heterocycles. The Bertz CT molecular complexity index is 1050. The summed E-state index contributed by atoms with van der Waals surface area (Å²) >= 11 is 0. The highest BCUT2D eigenvalue weighted by molar-refractivity contribution is 7.92. The molecular weight excluding hydrogens is 378 g/mol. The van der Waals surface area contributed by atoms with E-state index in [1.807, 2.05) is 0 Å². The van der Waals surface area contributed by atoms with E-state index in [0.29, 0.717) is 22.8 Å². The van der Waals surface area contributed by atoms with Crippen molar-refractivity contribution in [2.45, 2.75) is 4.90 Å². The van der Waals surface area contributed by atoms with Crippen molar-refractivity contribution in [1.29, 1.82) is 0 Å². The third-order valence-electron chi connectivity index (χ3n) is 3.77. The SMILES string of the molecule is COc1ccc(NC(=O)Nc2cccc(NS(=O)(=O)c3ccccc3)c2)cc1. The van der Waals surface area contributed by atoms with Crippen molar-refractivity contribution < 1.29 is 17.9 Å². The molecule has 0 heterocycles. The number of carbonyl (C=O) groups is 1. The molecule has 0 saturated heterocycles. The minimum Gasteiger partial charge on any atom is -0.497 e. The highest BCUT2D eigenvalue weighted by Crippen LogP contribution is 2.20. The summed E-state index contributed by atoms with van der Waals surface area (Å²) in [6, 6.07) is 20.9. The average Bonchev–Trinajstić information content (AvgIpc) is 2.69. The summed E-state index contributed by atoms with van der Waals surface area (Å²) in [5.74, 6) is 0.685. The lowest BCUT2D eigenvalue weighted by atomic mass is 10.3. The molecule has 7 nitrogen and oxygen atoms in total. The van der Waals surface area contributed by atoms with Crippen molar-refractivity contribution in [3.63, 3.8) is 0 Å². The summed E-state index contributed by atoms with van der Waals surface area (Å²) in [6.07, 6.45) is 0. The quantitative estimate of drug-likeness (QED) is 0.582. The topological polar surface area (TPSA) is 96.5 Å². The number of sulfonamides is 1. The van der Waals surface area contributed by atoms with Gasteiger partial charge in [-0.25, -0.2) is 13.2 Å². The van der Waals surface area contributed by atoms with Crippen LogP contribution < -0.4 is 20.1 Å². The van der Waals surface area contributed by atoms with Gasteiger partial charge in [0.1, 0.15) is 5.75 Å². The zero-order valence-corrected chi connectivity index (χ0v) is 15.9. The Morgan fingerprint density at radius 2 is 1.43 bits per heavy atom. The van der Waals surface area contributed by atoms with Crippen molar-refractivity contribution in [2.24, 2.45) is 0 Å². The number of rotatable bonds is 6. The van der Waals surface area contributed by atoms with E-state index < -0.39 is 16.1 Å². The number of urea groups is 1. The number of benzene rings is 3. The van der Waals surface area contributed by atoms with E-state index in [1.165, 1.54) is 18.2 Å². The van der Waals surface area contributed by atoms with E-state index in [1.54, 1.807) is 67.8 Å². The monoisotopic (exact) mass is 397 g/mol. The van der Waals surface area contributed by atoms with E-state index in [9.17, 15) is 13.2 Å². The van der Waals surface area contributed by atoms with E-state index >= 15 is 0 Å². The summed E-state index contributed by atoms with van der Waals surface area (Å²) < 4.78 is 32.4. The van der Waals surface area contributed by atoms with E-state index in [0.717, 1.165) is 0 Å². The van der Waals surface area contributed by atoms with Crippen LogP contribution in [-0.4, -0.2) is 21.6 Å². The Hall–Kier alpha value is -3.52. The molecule has 3 aromatic rings. The maximum atomic E-state index is 12.4. The fourth-order valence-electron chi connectivity index (χ4n) is 2.44. The summed E-state index contributed by atoms with van der Waals surface area (Å²) in [7, 11) is -2.14. The number of hydrogen-bond acceptors (Lipinski definition) is 4. The van der Waals surface area contributed by atoms with Crippen LogP contribution in [0, 0.1) is 0 Å². The van der Waals surface area contributed by atoms with Crippen LogP contribution in [0.2, 0.25) is 0 Å². The van der Waals surface area contributed by atoms with Crippen LogP contribution in [0.15, 0.2) is 83.8 Å². The maximum absolute atomic E-state index is 12.4. The summed E-state index contributed by atoms with van der Waals surface area (Å²) in [6.45, 7) is 0. The number of anilines is 3. The van der Waals surface area contributed by atoms with Crippen LogP contribution in [0.3, 0.4) is 0 Å².